The summed E-state index contributed by atoms with van der Waals surface area (Å²) < 4.78 is 68.5. The van der Waals surface area contributed by atoms with Gasteiger partial charge in [-0.05, 0) is 54.8 Å². The minimum atomic E-state index is -4.78. The Morgan fingerprint density at radius 1 is 0.534 bits per heavy atom. The molecule has 0 aromatic heterocycles. The van der Waals surface area contributed by atoms with Gasteiger partial charge in [0.15, 0.2) is 25.0 Å². The van der Waals surface area contributed by atoms with Gasteiger partial charge in [-0.3, -0.25) is 33.0 Å². The number of hydrogen-bond donors (Lipinski definition) is 13. The number of hydrogen-bond acceptors (Lipinski definition) is 25. The van der Waals surface area contributed by atoms with Gasteiger partial charge in [-0.1, -0.05) is 93.5 Å². The van der Waals surface area contributed by atoms with Gasteiger partial charge >= 0.3 is 19.8 Å². The maximum atomic E-state index is 13.3. The van der Waals surface area contributed by atoms with Crippen molar-refractivity contribution in [1.82, 2.24) is 16.0 Å². The highest BCUT2D eigenvalue weighted by atomic mass is 31.2. The first-order chi connectivity index (χ1) is 41.4. The van der Waals surface area contributed by atoms with E-state index in [0.717, 1.165) is 6.92 Å². The molecule has 17 unspecified atom stereocenters. The minimum absolute atomic E-state index is 0.0129. The van der Waals surface area contributed by atoms with E-state index in [1.165, 1.54) is 0 Å². The van der Waals surface area contributed by atoms with Crippen molar-refractivity contribution in [3.05, 3.63) is 24.3 Å². The van der Waals surface area contributed by atoms with E-state index in [-0.39, 0.29) is 62.6 Å². The van der Waals surface area contributed by atoms with Crippen LogP contribution in [-0.4, -0.2) is 238 Å². The fourth-order valence-electron chi connectivity index (χ4n) is 9.00. The largest absolute Gasteiger partial charge is 0.472 e. The van der Waals surface area contributed by atoms with Crippen molar-refractivity contribution in [3.8, 4) is 0 Å². The second kappa shape index (κ2) is 39.0. The Morgan fingerprint density at radius 2 is 1.02 bits per heavy atom. The molecule has 3 fully saturated rings. The molecule has 3 rings (SSSR count). The van der Waals surface area contributed by atoms with Crippen LogP contribution in [0, 0.1) is 47.3 Å². The first-order valence-corrected chi connectivity index (χ1v) is 31.8. The highest BCUT2D eigenvalue weighted by Gasteiger charge is 2.54. The van der Waals surface area contributed by atoms with E-state index in [9.17, 15) is 79.4 Å². The number of aliphatic hydroxyl groups is 9. The van der Waals surface area contributed by atoms with E-state index in [1.807, 2.05) is 38.2 Å². The lowest BCUT2D eigenvalue weighted by Gasteiger charge is -2.48. The number of aliphatic hydroxyl groups excluding tert-OH is 9. The summed E-state index contributed by atoms with van der Waals surface area (Å²) in [5.41, 5.74) is 0. The van der Waals surface area contributed by atoms with Crippen molar-refractivity contribution >= 4 is 37.5 Å². The molecule has 30 heteroatoms. The monoisotopic (exact) mass is 1290 g/mol. The van der Waals surface area contributed by atoms with Gasteiger partial charge in [-0.2, -0.15) is 0 Å². The Hall–Kier alpha value is -3.66. The van der Waals surface area contributed by atoms with E-state index >= 15 is 0 Å². The quantitative estimate of drug-likeness (QED) is 0.0162. The molecule has 3 aliphatic rings. The minimum Gasteiger partial charge on any atom is -0.461 e. The average molecular weight is 1290 g/mol. The maximum absolute atomic E-state index is 13.3. The lowest BCUT2D eigenvalue weighted by Crippen LogP contribution is -2.68. The van der Waals surface area contributed by atoms with Crippen molar-refractivity contribution in [2.24, 2.45) is 47.3 Å². The first kappa shape index (κ1) is 78.6. The Bertz CT molecular complexity index is 2210. The van der Waals surface area contributed by atoms with Crippen molar-refractivity contribution in [2.75, 3.05) is 59.3 Å². The van der Waals surface area contributed by atoms with Gasteiger partial charge in [0.1, 0.15) is 79.8 Å². The number of phosphoric acid groups is 1. The first-order valence-electron chi connectivity index (χ1n) is 30.3. The summed E-state index contributed by atoms with van der Waals surface area (Å²) in [7, 11) is -4.78. The number of rotatable bonds is 38. The molecule has 3 aliphatic heterocycles. The third kappa shape index (κ3) is 25.4. The Morgan fingerprint density at radius 3 is 1.56 bits per heavy atom. The number of carbonyl (C=O) groups excluding carboxylic acids is 5. The van der Waals surface area contributed by atoms with Crippen LogP contribution in [0.15, 0.2) is 24.3 Å². The van der Waals surface area contributed by atoms with Gasteiger partial charge in [-0.15, -0.1) is 0 Å². The number of nitrogens with one attached hydrogen (secondary N) is 3. The van der Waals surface area contributed by atoms with Crippen LogP contribution in [0.2, 0.25) is 0 Å². The Balaban J connectivity index is 1.44. The molecule has 0 aliphatic carbocycles. The zero-order valence-corrected chi connectivity index (χ0v) is 53.4. The molecule has 29 nitrogen and oxygen atoms in total. The van der Waals surface area contributed by atoms with E-state index < -0.39 is 181 Å². The van der Waals surface area contributed by atoms with Crippen LogP contribution in [0.25, 0.3) is 0 Å². The molecule has 3 heterocycles. The van der Waals surface area contributed by atoms with E-state index in [2.05, 4.69) is 57.5 Å². The van der Waals surface area contributed by atoms with E-state index in [0.29, 0.717) is 30.6 Å². The third-order valence-electron chi connectivity index (χ3n) is 16.1. The molecule has 0 bridgehead atoms. The summed E-state index contributed by atoms with van der Waals surface area (Å²) in [5.74, 6) is -2.80. The van der Waals surface area contributed by atoms with E-state index in [1.54, 1.807) is 13.8 Å². The lowest BCUT2D eigenvalue weighted by atomic mass is 9.91. The zero-order chi connectivity index (χ0) is 66.2. The van der Waals surface area contributed by atoms with Gasteiger partial charge in [0.05, 0.1) is 51.5 Å². The summed E-state index contributed by atoms with van der Waals surface area (Å²) in [6.45, 7) is 16.6. The zero-order valence-electron chi connectivity index (χ0n) is 52.5. The van der Waals surface area contributed by atoms with Crippen molar-refractivity contribution in [3.63, 3.8) is 0 Å². The van der Waals surface area contributed by atoms with Gasteiger partial charge in [0.2, 0.25) is 17.7 Å². The molecule has 0 aromatic carbocycles. The predicted molar refractivity (Wildman–Crippen MR) is 311 cm³/mol. The van der Waals surface area contributed by atoms with Gasteiger partial charge < -0.3 is 105 Å². The molecular formula is C58H102N3O26P. The molecule has 23 atom stereocenters. The smallest absolute Gasteiger partial charge is 0.461 e. The SMILES string of the molecule is CC(=O)NC1C(O)[C@H](O[C@@H]2OC(CO)[C@H](O)C(O[C@H]3OC(CO)[C@H](O)C(O)C3O)C2O)C(CO)O[C@H]1OCCCNC(=O)CCCCC(=O)NCCOP(=O)(O)OCC(COC(=O)C(C)C(C)/C=C\C(C)C(C)C)OC(=O)C(C)C(C)/C=C\C(C)C(C)C. The fourth-order valence-corrected chi connectivity index (χ4v) is 9.75. The standard InChI is InChI=1S/C58H102N3O26P/c1-30(2)32(5)17-19-34(7)36(9)54(74)79-28-39(82-55(75)37(10)35(8)20-18-33(6)31(3)4)29-81-88(76,77)80-24-22-60-44(67)16-13-12-15-43(66)59-21-14-23-78-56-45(61-38(11)65)48(70)52(42(27-64)85-56)86-58-51(73)53(47(69)41(26-63)84-58)87-57-50(72)49(71)46(68)40(25-62)83-57/h17-20,30-37,39-42,45-53,56-58,62-64,68-73H,12-16,21-29H2,1-11H3,(H,59,66)(H,60,67)(H,61,65)(H,76,77)/b19-17-,20-18-/t32?,33?,34?,35?,36?,37?,39?,40?,41?,42?,45?,46-,47-,48?,49?,50?,51?,52+,53?,56+,57+,58-/m0/s1. The van der Waals surface area contributed by atoms with Crippen LogP contribution < -0.4 is 16.0 Å². The molecule has 510 valence electrons. The fraction of sp³-hybridized carbons (Fsp3) is 0.845. The normalized spacial score (nSPS) is 30.9. The number of carbonyl (C=O) groups is 5. The molecule has 0 aromatic rings. The molecule has 0 radical (unpaired) electrons. The molecule has 3 amide bonds. The van der Waals surface area contributed by atoms with Crippen LogP contribution in [0.1, 0.15) is 108 Å². The molecule has 0 saturated carbocycles. The second-order valence-electron chi connectivity index (χ2n) is 23.7. The maximum Gasteiger partial charge on any atom is 0.472 e. The summed E-state index contributed by atoms with van der Waals surface area (Å²) in [6.07, 6.45) is -16.4. The van der Waals surface area contributed by atoms with Crippen LogP contribution >= 0.6 is 7.82 Å². The van der Waals surface area contributed by atoms with Crippen molar-refractivity contribution < 1.29 is 126 Å². The van der Waals surface area contributed by atoms with Crippen LogP contribution in [-0.2, 0) is 75.5 Å². The second-order valence-corrected chi connectivity index (χ2v) is 25.2. The van der Waals surface area contributed by atoms with Gasteiger partial charge in [0, 0.05) is 32.9 Å². The predicted octanol–water partition coefficient (Wildman–Crippen LogP) is -0.392. The summed E-state index contributed by atoms with van der Waals surface area (Å²) in [4.78, 5) is 74.4. The molecular weight excluding hydrogens is 1190 g/mol. The lowest BCUT2D eigenvalue weighted by molar-refractivity contribution is -0.376. The third-order valence-corrected chi connectivity index (χ3v) is 17.1. The number of esters is 2. The number of amides is 3. The number of allylic oxidation sites excluding steroid dienone is 4. The van der Waals surface area contributed by atoms with Crippen molar-refractivity contribution in [2.45, 2.75) is 206 Å². The Kier molecular flexibility index (Phi) is 34.8. The highest BCUT2D eigenvalue weighted by Crippen LogP contribution is 2.43. The molecule has 13 N–H and O–H groups in total. The van der Waals surface area contributed by atoms with E-state index in [4.69, 9.17) is 46.9 Å². The summed E-state index contributed by atoms with van der Waals surface area (Å²) >= 11 is 0. The summed E-state index contributed by atoms with van der Waals surface area (Å²) in [5, 5.41) is 102. The number of ether oxygens (including phenoxy) is 8. The Labute approximate surface area is 515 Å². The molecule has 88 heavy (non-hydrogen) atoms. The average Bonchev–Trinajstić information content (AvgIpc) is 0.887. The number of phosphoric ester groups is 1. The van der Waals surface area contributed by atoms with Crippen molar-refractivity contribution in [1.29, 1.82) is 0 Å². The summed E-state index contributed by atoms with van der Waals surface area (Å²) in [6, 6.07) is -1.37. The topological polar surface area (TPSA) is 433 Å². The van der Waals surface area contributed by atoms with Crippen LogP contribution in [0.3, 0.4) is 0 Å². The molecule has 0 spiro atoms. The number of unbranched alkanes of at least 4 members (excludes halogenated alkanes) is 1. The van der Waals surface area contributed by atoms with Gasteiger partial charge in [0.25, 0.3) is 0 Å². The van der Waals surface area contributed by atoms with Crippen LogP contribution in [0.4, 0.5) is 0 Å². The highest BCUT2D eigenvalue weighted by molar-refractivity contribution is 7.47. The van der Waals surface area contributed by atoms with Crippen LogP contribution in [0.5, 0.6) is 0 Å². The molecule has 3 saturated heterocycles. The van der Waals surface area contributed by atoms with Gasteiger partial charge in [-0.25, -0.2) is 4.57 Å².